The number of hydrogen-bond donors (Lipinski definition) is 3. The predicted molar refractivity (Wildman–Crippen MR) is 160 cm³/mol. The highest BCUT2D eigenvalue weighted by atomic mass is 32.1. The molecule has 0 saturated carbocycles. The molecule has 218 valence electrons. The fraction of sp³-hybridized carbons (Fsp3) is 0.375. The van der Waals surface area contributed by atoms with Gasteiger partial charge in [0.05, 0.1) is 24.4 Å². The van der Waals surface area contributed by atoms with Crippen LogP contribution < -0.4 is 10.6 Å². The standard InChI is InChI=1S/C32H35N5O4S/c1-20-19-42-31(35-20)27-10-6-13-37(27)32(40)24-17-22(16-23(18-24)30-34-12-14-41-30)29(39)36-26(15-21-7-3-2-4-8-21)28(38)25-9-5-11-33-25/h2-4,7-8,12,14,16-19,25-28,33,38H,5-6,9-11,13,15H2,1H3,(H,36,39)/t25-,26+,27?,28-/m1/s1. The molecule has 1 unspecified atom stereocenters. The van der Waals surface area contributed by atoms with E-state index in [1.54, 1.807) is 29.5 Å². The van der Waals surface area contributed by atoms with E-state index < -0.39 is 12.1 Å². The van der Waals surface area contributed by atoms with Crippen LogP contribution in [0.25, 0.3) is 11.5 Å². The third kappa shape index (κ3) is 6.16. The summed E-state index contributed by atoms with van der Waals surface area (Å²) in [7, 11) is 0. The van der Waals surface area contributed by atoms with Gasteiger partial charge in [0.25, 0.3) is 11.8 Å². The van der Waals surface area contributed by atoms with E-state index in [1.165, 1.54) is 12.5 Å². The molecule has 4 atom stereocenters. The number of aromatic nitrogens is 2. The summed E-state index contributed by atoms with van der Waals surface area (Å²) in [4.78, 5) is 38.6. The Morgan fingerprint density at radius 2 is 2.00 bits per heavy atom. The monoisotopic (exact) mass is 585 g/mol. The van der Waals surface area contributed by atoms with Crippen LogP contribution in [0.1, 0.15) is 68.7 Å². The molecule has 6 rings (SSSR count). The molecule has 0 radical (unpaired) electrons. The largest absolute Gasteiger partial charge is 0.445 e. The van der Waals surface area contributed by atoms with Crippen LogP contribution in [0.2, 0.25) is 0 Å². The lowest BCUT2D eigenvalue weighted by molar-refractivity contribution is 0.0733. The molecule has 10 heteroatoms. The smallest absolute Gasteiger partial charge is 0.254 e. The first kappa shape index (κ1) is 28.3. The third-order valence-corrected chi connectivity index (χ3v) is 9.16. The molecule has 2 amide bonds. The molecule has 2 aromatic carbocycles. The molecule has 2 aliphatic heterocycles. The molecular formula is C32H35N5O4S. The fourth-order valence-electron chi connectivity index (χ4n) is 5.99. The van der Waals surface area contributed by atoms with Gasteiger partial charge in [-0.3, -0.25) is 9.59 Å². The van der Waals surface area contributed by atoms with Crippen LogP contribution in [0.4, 0.5) is 0 Å². The Balaban J connectivity index is 1.30. The van der Waals surface area contributed by atoms with Crippen LogP contribution in [-0.4, -0.2) is 63.1 Å². The van der Waals surface area contributed by atoms with Crippen LogP contribution in [0.15, 0.2) is 70.8 Å². The maximum Gasteiger partial charge on any atom is 0.254 e. The predicted octanol–water partition coefficient (Wildman–Crippen LogP) is 4.54. The molecule has 4 heterocycles. The maximum atomic E-state index is 14.0. The molecule has 0 aliphatic carbocycles. The number of carbonyl (C=O) groups excluding carboxylic acids is 2. The summed E-state index contributed by atoms with van der Waals surface area (Å²) in [5.74, 6) is -0.212. The van der Waals surface area contributed by atoms with Crippen molar-refractivity contribution >= 4 is 23.2 Å². The Labute approximate surface area is 249 Å². The average molecular weight is 586 g/mol. The highest BCUT2D eigenvalue weighted by Gasteiger charge is 2.34. The third-order valence-electron chi connectivity index (χ3n) is 8.09. The highest BCUT2D eigenvalue weighted by Crippen LogP contribution is 2.35. The molecular weight excluding hydrogens is 550 g/mol. The second-order valence-electron chi connectivity index (χ2n) is 11.1. The van der Waals surface area contributed by atoms with Gasteiger partial charge in [0.15, 0.2) is 0 Å². The lowest BCUT2D eigenvalue weighted by atomic mass is 9.95. The number of oxazole rings is 1. The van der Waals surface area contributed by atoms with Gasteiger partial charge in [-0.2, -0.15) is 0 Å². The van der Waals surface area contributed by atoms with Crippen molar-refractivity contribution in [2.24, 2.45) is 0 Å². The molecule has 2 saturated heterocycles. The molecule has 4 aromatic rings. The van der Waals surface area contributed by atoms with E-state index in [9.17, 15) is 14.7 Å². The number of aliphatic hydroxyl groups is 1. The van der Waals surface area contributed by atoms with E-state index in [1.807, 2.05) is 47.5 Å². The van der Waals surface area contributed by atoms with Gasteiger partial charge in [-0.25, -0.2) is 9.97 Å². The van der Waals surface area contributed by atoms with Crippen molar-refractivity contribution in [1.82, 2.24) is 25.5 Å². The first-order valence-corrected chi connectivity index (χ1v) is 15.4. The van der Waals surface area contributed by atoms with E-state index in [4.69, 9.17) is 4.42 Å². The number of hydrogen-bond acceptors (Lipinski definition) is 8. The van der Waals surface area contributed by atoms with E-state index in [-0.39, 0.29) is 23.9 Å². The second kappa shape index (κ2) is 12.6. The Bertz CT molecular complexity index is 1520. The Morgan fingerprint density at radius 3 is 2.71 bits per heavy atom. The zero-order valence-electron chi connectivity index (χ0n) is 23.5. The summed E-state index contributed by atoms with van der Waals surface area (Å²) < 4.78 is 5.55. The number of carbonyl (C=O) groups is 2. The van der Waals surface area contributed by atoms with E-state index in [0.29, 0.717) is 35.5 Å². The number of nitrogens with one attached hydrogen (secondary N) is 2. The normalized spacial score (nSPS) is 20.0. The van der Waals surface area contributed by atoms with Crippen molar-refractivity contribution in [3.63, 3.8) is 0 Å². The highest BCUT2D eigenvalue weighted by molar-refractivity contribution is 7.09. The Hall–Kier alpha value is -3.86. The average Bonchev–Trinajstić information content (AvgIpc) is 3.84. The quantitative estimate of drug-likeness (QED) is 0.264. The Morgan fingerprint density at radius 1 is 1.17 bits per heavy atom. The van der Waals surface area contributed by atoms with Crippen molar-refractivity contribution < 1.29 is 19.1 Å². The van der Waals surface area contributed by atoms with Gasteiger partial charge in [-0.05, 0) is 69.3 Å². The lowest BCUT2D eigenvalue weighted by Crippen LogP contribution is -2.52. The van der Waals surface area contributed by atoms with Crippen molar-refractivity contribution in [2.75, 3.05) is 13.1 Å². The zero-order valence-corrected chi connectivity index (χ0v) is 24.3. The molecule has 2 fully saturated rings. The summed E-state index contributed by atoms with van der Waals surface area (Å²) in [6.07, 6.45) is 6.25. The molecule has 42 heavy (non-hydrogen) atoms. The molecule has 0 spiro atoms. The Kier molecular flexibility index (Phi) is 8.46. The number of nitrogens with zero attached hydrogens (tertiary/aromatic N) is 3. The van der Waals surface area contributed by atoms with Crippen LogP contribution in [-0.2, 0) is 6.42 Å². The van der Waals surface area contributed by atoms with E-state index in [2.05, 4.69) is 20.6 Å². The van der Waals surface area contributed by atoms with Gasteiger partial charge in [0.1, 0.15) is 11.3 Å². The van der Waals surface area contributed by atoms with Crippen LogP contribution in [0.3, 0.4) is 0 Å². The van der Waals surface area contributed by atoms with Crippen LogP contribution >= 0.6 is 11.3 Å². The van der Waals surface area contributed by atoms with E-state index >= 15 is 0 Å². The zero-order chi connectivity index (χ0) is 29.1. The number of aryl methyl sites for hydroxylation is 1. The number of likely N-dealkylation sites (tertiary alicyclic amines) is 1. The van der Waals surface area contributed by atoms with Crippen molar-refractivity contribution in [3.05, 3.63) is 93.8 Å². The van der Waals surface area contributed by atoms with Gasteiger partial charge >= 0.3 is 0 Å². The van der Waals surface area contributed by atoms with Crippen molar-refractivity contribution in [3.8, 4) is 11.5 Å². The van der Waals surface area contributed by atoms with Gasteiger partial charge in [-0.15, -0.1) is 11.3 Å². The minimum absolute atomic E-state index is 0.0943. The number of rotatable bonds is 9. The van der Waals surface area contributed by atoms with Gasteiger partial charge in [0, 0.05) is 40.4 Å². The van der Waals surface area contributed by atoms with Crippen molar-refractivity contribution in [1.29, 1.82) is 0 Å². The first-order chi connectivity index (χ1) is 20.5. The molecule has 0 bridgehead atoms. The maximum absolute atomic E-state index is 14.0. The second-order valence-corrected chi connectivity index (χ2v) is 12.0. The first-order valence-electron chi connectivity index (χ1n) is 14.5. The van der Waals surface area contributed by atoms with Gasteiger partial charge < -0.3 is 25.1 Å². The number of amides is 2. The summed E-state index contributed by atoms with van der Waals surface area (Å²) in [5.41, 5.74) is 3.18. The van der Waals surface area contributed by atoms with Crippen LogP contribution in [0.5, 0.6) is 0 Å². The number of thiazole rings is 1. The van der Waals surface area contributed by atoms with E-state index in [0.717, 1.165) is 48.5 Å². The molecule has 2 aromatic heterocycles. The summed E-state index contributed by atoms with van der Waals surface area (Å²) in [5, 5.41) is 20.7. The minimum atomic E-state index is -0.778. The number of aliphatic hydroxyl groups excluding tert-OH is 1. The topological polar surface area (TPSA) is 121 Å². The number of benzene rings is 2. The summed E-state index contributed by atoms with van der Waals surface area (Å²) in [6.45, 7) is 3.42. The molecule has 9 nitrogen and oxygen atoms in total. The lowest BCUT2D eigenvalue weighted by Gasteiger charge is -2.29. The molecule has 3 N–H and O–H groups in total. The SMILES string of the molecule is Cc1csc(C2CCCN2C(=O)c2cc(C(=O)N[C@@H](Cc3ccccc3)[C@H](O)[C@H]3CCCN3)cc(-c3ncco3)c2)n1. The van der Waals surface area contributed by atoms with Gasteiger partial charge in [0.2, 0.25) is 5.89 Å². The fourth-order valence-corrected chi connectivity index (χ4v) is 6.93. The van der Waals surface area contributed by atoms with Crippen LogP contribution in [0, 0.1) is 6.92 Å². The molecule has 2 aliphatic rings. The summed E-state index contributed by atoms with van der Waals surface area (Å²) >= 11 is 1.57. The summed E-state index contributed by atoms with van der Waals surface area (Å²) in [6, 6.07) is 14.1. The minimum Gasteiger partial charge on any atom is -0.445 e. The van der Waals surface area contributed by atoms with Crippen molar-refractivity contribution in [2.45, 2.75) is 63.3 Å². The van der Waals surface area contributed by atoms with Gasteiger partial charge in [-0.1, -0.05) is 30.3 Å².